The van der Waals surface area contributed by atoms with Crippen molar-refractivity contribution in [2.75, 3.05) is 6.61 Å². The molecule has 3 aromatic rings. The van der Waals surface area contributed by atoms with Crippen LogP contribution in [0, 0.1) is 5.82 Å². The fourth-order valence-electron chi connectivity index (χ4n) is 5.77. The highest BCUT2D eigenvalue weighted by atomic mass is 19.1. The van der Waals surface area contributed by atoms with Gasteiger partial charge in [-0.25, -0.2) is 14.2 Å². The van der Waals surface area contributed by atoms with E-state index in [2.05, 4.69) is 5.32 Å². The molecule has 0 saturated carbocycles. The maximum absolute atomic E-state index is 14.8. The first kappa shape index (κ1) is 22.8. The average molecular weight is 493 g/mol. The molecule has 0 radical (unpaired) electrons. The summed E-state index contributed by atoms with van der Waals surface area (Å²) in [6.07, 6.45) is 0.742. The molecule has 1 unspecified atom stereocenters. The van der Waals surface area contributed by atoms with Gasteiger partial charge in [-0.05, 0) is 42.2 Å². The van der Waals surface area contributed by atoms with Gasteiger partial charge in [-0.1, -0.05) is 6.92 Å². The van der Waals surface area contributed by atoms with Crippen molar-refractivity contribution < 1.29 is 28.9 Å². The molecule has 2 atom stereocenters. The molecule has 36 heavy (non-hydrogen) atoms. The van der Waals surface area contributed by atoms with Gasteiger partial charge in [0.25, 0.3) is 5.56 Å². The minimum atomic E-state index is -1.93. The number of aliphatic hydroxyl groups is 2. The van der Waals surface area contributed by atoms with Crippen molar-refractivity contribution in [2.45, 2.75) is 57.4 Å². The van der Waals surface area contributed by atoms with Crippen molar-refractivity contribution in [2.24, 2.45) is 0 Å². The summed E-state index contributed by atoms with van der Waals surface area (Å²) in [4.78, 5) is 43.2. The summed E-state index contributed by atoms with van der Waals surface area (Å²) in [5.74, 6) is -1.44. The summed E-state index contributed by atoms with van der Waals surface area (Å²) < 4.78 is 21.5. The number of ether oxygens (including phenoxy) is 1. The fraction of sp³-hybridized carbons (Fsp3) is 0.385. The van der Waals surface area contributed by atoms with Gasteiger partial charge in [0.15, 0.2) is 5.60 Å². The Morgan fingerprint density at radius 1 is 1.31 bits per heavy atom. The molecular formula is C26H24FN3O6. The topological polar surface area (TPSA) is 131 Å². The highest BCUT2D eigenvalue weighted by Crippen LogP contribution is 2.46. The molecule has 3 aliphatic rings. The molecule has 10 heteroatoms. The number of nitrogens with one attached hydrogen (secondary N) is 1. The standard InChI is InChI=1S/C26H24FN3O6/c1-2-26(35)15-9-19-23-13(10-30(19)24(33)14(15)11-36-25(26)34)22-18(28-20(32)4-3-7-31)8-12-16(27)5-6-17(29-23)21(12)22/h5-6,9,18,31,35H,2-4,7-8,10-11H2,1H3,(H,28,32)/t18?,26-/m0/s1. The number of pyridine rings is 2. The molecule has 1 aliphatic carbocycles. The number of benzene rings is 1. The number of amides is 1. The van der Waals surface area contributed by atoms with E-state index in [4.69, 9.17) is 14.8 Å². The van der Waals surface area contributed by atoms with Crippen LogP contribution in [0.4, 0.5) is 4.39 Å². The number of esters is 1. The number of aromatic nitrogens is 2. The first-order valence-electron chi connectivity index (χ1n) is 12.0. The van der Waals surface area contributed by atoms with Gasteiger partial charge in [0.1, 0.15) is 12.4 Å². The number of rotatable bonds is 5. The van der Waals surface area contributed by atoms with Crippen molar-refractivity contribution in [3.63, 3.8) is 0 Å². The van der Waals surface area contributed by atoms with Crippen LogP contribution >= 0.6 is 0 Å². The Bertz CT molecular complexity index is 1550. The van der Waals surface area contributed by atoms with E-state index in [-0.39, 0.29) is 67.4 Å². The van der Waals surface area contributed by atoms with E-state index < -0.39 is 17.6 Å². The van der Waals surface area contributed by atoms with Crippen LogP contribution in [0.5, 0.6) is 0 Å². The Balaban J connectivity index is 1.56. The largest absolute Gasteiger partial charge is 0.458 e. The van der Waals surface area contributed by atoms with Crippen molar-refractivity contribution in [1.82, 2.24) is 14.9 Å². The molecule has 186 valence electrons. The second-order valence-electron chi connectivity index (χ2n) is 9.53. The Morgan fingerprint density at radius 2 is 2.11 bits per heavy atom. The van der Waals surface area contributed by atoms with Gasteiger partial charge in [-0.15, -0.1) is 0 Å². The first-order valence-corrected chi connectivity index (χ1v) is 12.0. The van der Waals surface area contributed by atoms with Crippen LogP contribution in [-0.4, -0.2) is 38.2 Å². The third-order valence-corrected chi connectivity index (χ3v) is 7.60. The lowest BCUT2D eigenvalue weighted by Gasteiger charge is -2.31. The lowest BCUT2D eigenvalue weighted by Crippen LogP contribution is -2.44. The van der Waals surface area contributed by atoms with E-state index >= 15 is 0 Å². The van der Waals surface area contributed by atoms with Gasteiger partial charge >= 0.3 is 5.97 Å². The van der Waals surface area contributed by atoms with E-state index in [1.165, 1.54) is 10.6 Å². The molecule has 1 aromatic carbocycles. The Morgan fingerprint density at radius 3 is 2.86 bits per heavy atom. The summed E-state index contributed by atoms with van der Waals surface area (Å²) in [7, 11) is 0. The number of nitrogens with zero attached hydrogens (tertiary/aromatic N) is 2. The quantitative estimate of drug-likeness (QED) is 0.361. The number of carbonyl (C=O) groups excluding carboxylic acids is 2. The Labute approximate surface area is 204 Å². The fourth-order valence-corrected chi connectivity index (χ4v) is 5.77. The number of halogens is 1. The average Bonchev–Trinajstić information content (AvgIpc) is 3.43. The van der Waals surface area contributed by atoms with Gasteiger partial charge in [0.05, 0.1) is 35.1 Å². The number of hydrogen-bond acceptors (Lipinski definition) is 7. The number of fused-ring (bicyclic) bond motifs is 5. The molecule has 0 fully saturated rings. The zero-order valence-electron chi connectivity index (χ0n) is 19.6. The highest BCUT2D eigenvalue weighted by molar-refractivity contribution is 5.94. The predicted octanol–water partition coefficient (Wildman–Crippen LogP) is 1.70. The molecule has 6 rings (SSSR count). The van der Waals surface area contributed by atoms with Crippen molar-refractivity contribution in [1.29, 1.82) is 0 Å². The van der Waals surface area contributed by atoms with E-state index in [0.29, 0.717) is 39.8 Å². The molecule has 4 heterocycles. The molecule has 3 N–H and O–H groups in total. The number of carbonyl (C=O) groups is 2. The van der Waals surface area contributed by atoms with Crippen LogP contribution in [-0.2, 0) is 39.5 Å². The van der Waals surface area contributed by atoms with Crippen LogP contribution in [0.2, 0.25) is 0 Å². The van der Waals surface area contributed by atoms with Crippen LogP contribution in [0.25, 0.3) is 22.3 Å². The smallest absolute Gasteiger partial charge is 0.343 e. The monoisotopic (exact) mass is 493 g/mol. The zero-order valence-corrected chi connectivity index (χ0v) is 19.6. The summed E-state index contributed by atoms with van der Waals surface area (Å²) in [5, 5.41) is 23.8. The van der Waals surface area contributed by atoms with Crippen LogP contribution in [0.1, 0.15) is 60.0 Å². The van der Waals surface area contributed by atoms with E-state index in [9.17, 15) is 23.9 Å². The maximum Gasteiger partial charge on any atom is 0.343 e. The minimum Gasteiger partial charge on any atom is -0.458 e. The predicted molar refractivity (Wildman–Crippen MR) is 125 cm³/mol. The third-order valence-electron chi connectivity index (χ3n) is 7.60. The second-order valence-corrected chi connectivity index (χ2v) is 9.53. The molecule has 0 bridgehead atoms. The lowest BCUT2D eigenvalue weighted by atomic mass is 9.86. The van der Waals surface area contributed by atoms with Gasteiger partial charge in [-0.3, -0.25) is 9.59 Å². The summed E-state index contributed by atoms with van der Waals surface area (Å²) in [6, 6.07) is 4.04. The molecule has 2 aromatic heterocycles. The summed E-state index contributed by atoms with van der Waals surface area (Å²) in [6.45, 7) is 1.46. The second kappa shape index (κ2) is 7.94. The number of hydrogen-bond donors (Lipinski definition) is 3. The summed E-state index contributed by atoms with van der Waals surface area (Å²) in [5.41, 5.74) is 1.51. The van der Waals surface area contributed by atoms with Crippen LogP contribution in [0.15, 0.2) is 23.0 Å². The normalized spacial score (nSPS) is 21.2. The number of aliphatic hydroxyl groups excluding tert-OH is 1. The molecular weight excluding hydrogens is 469 g/mol. The molecule has 0 saturated heterocycles. The lowest BCUT2D eigenvalue weighted by molar-refractivity contribution is -0.172. The maximum atomic E-state index is 14.8. The van der Waals surface area contributed by atoms with E-state index in [0.717, 1.165) is 5.56 Å². The van der Waals surface area contributed by atoms with Gasteiger partial charge in [-0.2, -0.15) is 0 Å². The third kappa shape index (κ3) is 3.00. The van der Waals surface area contributed by atoms with E-state index in [1.807, 2.05) is 0 Å². The number of cyclic esters (lactones) is 1. The van der Waals surface area contributed by atoms with Gasteiger partial charge < -0.3 is 24.8 Å². The zero-order chi connectivity index (χ0) is 25.4. The van der Waals surface area contributed by atoms with Crippen molar-refractivity contribution >= 4 is 22.8 Å². The van der Waals surface area contributed by atoms with Crippen LogP contribution in [0.3, 0.4) is 0 Å². The minimum absolute atomic E-state index is 0.0373. The van der Waals surface area contributed by atoms with Gasteiger partial charge in [0.2, 0.25) is 5.91 Å². The molecule has 0 spiro atoms. The molecule has 9 nitrogen and oxygen atoms in total. The van der Waals surface area contributed by atoms with Crippen LogP contribution < -0.4 is 10.9 Å². The van der Waals surface area contributed by atoms with E-state index in [1.54, 1.807) is 19.1 Å². The summed E-state index contributed by atoms with van der Waals surface area (Å²) >= 11 is 0. The molecule has 1 amide bonds. The Hall–Kier alpha value is -3.63. The van der Waals surface area contributed by atoms with Crippen molar-refractivity contribution in [3.05, 3.63) is 62.2 Å². The van der Waals surface area contributed by atoms with Gasteiger partial charge in [0, 0.05) is 36.0 Å². The SMILES string of the molecule is CC[C@@]1(O)C(=O)OCc2c1cc1n(c2=O)Cc2c-1nc1ccc(F)c3c1c2C(NC(=O)CCCO)C3. The first-order chi connectivity index (χ1) is 17.3. The molecule has 2 aliphatic heterocycles. The van der Waals surface area contributed by atoms with Crippen molar-refractivity contribution in [3.8, 4) is 11.4 Å². The highest BCUT2D eigenvalue weighted by Gasteiger charge is 2.46. The Kier molecular flexibility index (Phi) is 5.03.